The van der Waals surface area contributed by atoms with Gasteiger partial charge in [-0.15, -0.1) is 11.3 Å². The third kappa shape index (κ3) is 4.45. The van der Waals surface area contributed by atoms with Gasteiger partial charge in [-0.05, 0) is 23.3 Å². The highest BCUT2D eigenvalue weighted by molar-refractivity contribution is 7.15. The number of amides is 1. The normalized spacial score (nSPS) is 10.6. The van der Waals surface area contributed by atoms with Crippen molar-refractivity contribution in [3.05, 3.63) is 81.3 Å². The Bertz CT molecular complexity index is 879. The van der Waals surface area contributed by atoms with Crippen LogP contribution in [0.3, 0.4) is 0 Å². The molecule has 1 N–H and O–H groups in total. The zero-order valence-electron chi connectivity index (χ0n) is 13.7. The maximum absolute atomic E-state index is 12.5. The number of hydrogen-bond donors (Lipinski definition) is 1. The van der Waals surface area contributed by atoms with Crippen LogP contribution in [0.4, 0.5) is 5.13 Å². The van der Waals surface area contributed by atoms with Crippen molar-refractivity contribution in [2.24, 2.45) is 0 Å². The van der Waals surface area contributed by atoms with E-state index >= 15 is 0 Å². The zero-order valence-corrected chi connectivity index (χ0v) is 15.2. The Morgan fingerprint density at radius 3 is 2.64 bits per heavy atom. The molecule has 25 heavy (non-hydrogen) atoms. The number of nitrogens with zero attached hydrogens (tertiary/aromatic N) is 1. The first-order chi connectivity index (χ1) is 12.2. The van der Waals surface area contributed by atoms with Crippen LogP contribution in [-0.4, -0.2) is 18.0 Å². The molecule has 1 amide bonds. The standard InChI is InChI=1S/C19H17ClN2O2S/c1-24-12-14-7-2-4-8-16(14)18(23)22-19-21-11-15(25-19)10-13-6-3-5-9-17(13)20/h2-9,11H,10,12H2,1H3,(H,21,22,23). The first-order valence-electron chi connectivity index (χ1n) is 7.73. The van der Waals surface area contributed by atoms with Crippen LogP contribution in [0, 0.1) is 0 Å². The minimum atomic E-state index is -0.189. The summed E-state index contributed by atoms with van der Waals surface area (Å²) in [7, 11) is 1.61. The second-order valence-electron chi connectivity index (χ2n) is 5.44. The van der Waals surface area contributed by atoms with Crippen molar-refractivity contribution in [3.63, 3.8) is 0 Å². The molecule has 128 valence electrons. The number of anilines is 1. The van der Waals surface area contributed by atoms with E-state index in [1.807, 2.05) is 42.5 Å². The number of ether oxygens (including phenoxy) is 1. The fraction of sp³-hybridized carbons (Fsp3) is 0.158. The lowest BCUT2D eigenvalue weighted by Gasteiger charge is -2.07. The Morgan fingerprint density at radius 2 is 1.88 bits per heavy atom. The number of benzene rings is 2. The van der Waals surface area contributed by atoms with Crippen LogP contribution in [0.5, 0.6) is 0 Å². The summed E-state index contributed by atoms with van der Waals surface area (Å²) in [5.74, 6) is -0.189. The molecule has 0 fully saturated rings. The summed E-state index contributed by atoms with van der Waals surface area (Å²) in [6.45, 7) is 0.388. The van der Waals surface area contributed by atoms with Gasteiger partial charge in [-0.2, -0.15) is 0 Å². The molecule has 0 unspecified atom stereocenters. The van der Waals surface area contributed by atoms with Gasteiger partial charge in [0, 0.05) is 35.2 Å². The van der Waals surface area contributed by atoms with Crippen LogP contribution >= 0.6 is 22.9 Å². The molecular formula is C19H17ClN2O2S. The molecule has 0 spiro atoms. The number of hydrogen-bond acceptors (Lipinski definition) is 4. The molecule has 0 saturated carbocycles. The van der Waals surface area contributed by atoms with Crippen LogP contribution in [0.25, 0.3) is 0 Å². The van der Waals surface area contributed by atoms with Crippen LogP contribution in [0.1, 0.15) is 26.4 Å². The number of carbonyl (C=O) groups is 1. The summed E-state index contributed by atoms with van der Waals surface area (Å²) < 4.78 is 5.15. The first-order valence-corrected chi connectivity index (χ1v) is 8.93. The summed E-state index contributed by atoms with van der Waals surface area (Å²) >= 11 is 7.64. The lowest BCUT2D eigenvalue weighted by molar-refractivity contribution is 0.102. The average Bonchev–Trinajstić information content (AvgIpc) is 3.05. The Hall–Kier alpha value is -2.21. The molecule has 0 bridgehead atoms. The van der Waals surface area contributed by atoms with Crippen molar-refractivity contribution in [3.8, 4) is 0 Å². The van der Waals surface area contributed by atoms with E-state index in [0.717, 1.165) is 21.0 Å². The van der Waals surface area contributed by atoms with Crippen molar-refractivity contribution < 1.29 is 9.53 Å². The van der Waals surface area contributed by atoms with E-state index in [2.05, 4.69) is 10.3 Å². The van der Waals surface area contributed by atoms with E-state index < -0.39 is 0 Å². The van der Waals surface area contributed by atoms with Crippen molar-refractivity contribution in [1.29, 1.82) is 0 Å². The quantitative estimate of drug-likeness (QED) is 0.677. The highest BCUT2D eigenvalue weighted by Gasteiger charge is 2.13. The molecule has 4 nitrogen and oxygen atoms in total. The molecular weight excluding hydrogens is 356 g/mol. The van der Waals surface area contributed by atoms with Crippen molar-refractivity contribution in [2.75, 3.05) is 12.4 Å². The molecule has 0 aliphatic rings. The third-order valence-corrected chi connectivity index (χ3v) is 4.94. The van der Waals surface area contributed by atoms with Gasteiger partial charge in [0.1, 0.15) is 0 Å². The summed E-state index contributed by atoms with van der Waals surface area (Å²) in [6.07, 6.45) is 2.46. The fourth-order valence-electron chi connectivity index (χ4n) is 2.46. The number of halogens is 1. The topological polar surface area (TPSA) is 51.2 Å². The number of methoxy groups -OCH3 is 1. The van der Waals surface area contributed by atoms with E-state index in [-0.39, 0.29) is 5.91 Å². The van der Waals surface area contributed by atoms with Gasteiger partial charge < -0.3 is 4.74 Å². The van der Waals surface area contributed by atoms with Crippen molar-refractivity contribution >= 4 is 34.0 Å². The summed E-state index contributed by atoms with van der Waals surface area (Å²) in [5, 5.41) is 4.16. The Kier molecular flexibility index (Phi) is 5.81. The highest BCUT2D eigenvalue weighted by atomic mass is 35.5. The van der Waals surface area contributed by atoms with Gasteiger partial charge in [0.15, 0.2) is 5.13 Å². The molecule has 3 aromatic rings. The smallest absolute Gasteiger partial charge is 0.257 e. The van der Waals surface area contributed by atoms with Crippen LogP contribution in [0.2, 0.25) is 5.02 Å². The van der Waals surface area contributed by atoms with Gasteiger partial charge >= 0.3 is 0 Å². The SMILES string of the molecule is COCc1ccccc1C(=O)Nc1ncc(Cc2ccccc2Cl)s1. The maximum Gasteiger partial charge on any atom is 0.257 e. The first kappa shape index (κ1) is 17.6. The Labute approximate surface area is 155 Å². The highest BCUT2D eigenvalue weighted by Crippen LogP contribution is 2.25. The van der Waals surface area contributed by atoms with E-state index in [9.17, 15) is 4.79 Å². The predicted octanol–water partition coefficient (Wildman–Crippen LogP) is 4.79. The molecule has 2 aromatic carbocycles. The maximum atomic E-state index is 12.5. The minimum absolute atomic E-state index is 0.189. The lowest BCUT2D eigenvalue weighted by Crippen LogP contribution is -2.14. The number of thiazole rings is 1. The van der Waals surface area contributed by atoms with Gasteiger partial charge in [0.05, 0.1) is 6.61 Å². The van der Waals surface area contributed by atoms with E-state index in [1.54, 1.807) is 19.4 Å². The molecule has 6 heteroatoms. The summed E-state index contributed by atoms with van der Waals surface area (Å²) in [6, 6.07) is 15.1. The van der Waals surface area contributed by atoms with Crippen LogP contribution in [0.15, 0.2) is 54.7 Å². The van der Waals surface area contributed by atoms with Gasteiger partial charge in [0.25, 0.3) is 5.91 Å². The van der Waals surface area contributed by atoms with E-state index in [1.165, 1.54) is 11.3 Å². The number of nitrogens with one attached hydrogen (secondary N) is 1. The van der Waals surface area contributed by atoms with Gasteiger partial charge in [-0.1, -0.05) is 48.0 Å². The fourth-order valence-corrected chi connectivity index (χ4v) is 3.50. The van der Waals surface area contributed by atoms with Crippen LogP contribution in [-0.2, 0) is 17.8 Å². The summed E-state index contributed by atoms with van der Waals surface area (Å²) in [5.41, 5.74) is 2.47. The minimum Gasteiger partial charge on any atom is -0.380 e. The molecule has 0 aliphatic heterocycles. The largest absolute Gasteiger partial charge is 0.380 e. The molecule has 1 heterocycles. The molecule has 0 saturated heterocycles. The second-order valence-corrected chi connectivity index (χ2v) is 6.97. The second kappa shape index (κ2) is 8.25. The van der Waals surface area contributed by atoms with Crippen molar-refractivity contribution in [2.45, 2.75) is 13.0 Å². The van der Waals surface area contributed by atoms with Crippen molar-refractivity contribution in [1.82, 2.24) is 4.98 Å². The molecule has 3 rings (SSSR count). The zero-order chi connectivity index (χ0) is 17.6. The number of rotatable bonds is 6. The molecule has 0 atom stereocenters. The van der Waals surface area contributed by atoms with Crippen LogP contribution < -0.4 is 5.32 Å². The summed E-state index contributed by atoms with van der Waals surface area (Å²) in [4.78, 5) is 17.8. The van der Waals surface area contributed by atoms with Gasteiger partial charge in [-0.25, -0.2) is 4.98 Å². The Morgan fingerprint density at radius 1 is 1.16 bits per heavy atom. The Balaban J connectivity index is 1.71. The predicted molar refractivity (Wildman–Crippen MR) is 101 cm³/mol. The molecule has 0 radical (unpaired) electrons. The molecule has 1 aromatic heterocycles. The van der Waals surface area contributed by atoms with Gasteiger partial charge in [0.2, 0.25) is 0 Å². The molecule has 0 aliphatic carbocycles. The van der Waals surface area contributed by atoms with E-state index in [0.29, 0.717) is 23.7 Å². The third-order valence-electron chi connectivity index (χ3n) is 3.66. The van der Waals surface area contributed by atoms with E-state index in [4.69, 9.17) is 16.3 Å². The monoisotopic (exact) mass is 372 g/mol. The lowest BCUT2D eigenvalue weighted by atomic mass is 10.1. The van der Waals surface area contributed by atoms with Gasteiger partial charge in [-0.3, -0.25) is 10.1 Å². The number of carbonyl (C=O) groups excluding carboxylic acids is 1. The average molecular weight is 373 g/mol. The number of aromatic nitrogens is 1.